The second kappa shape index (κ2) is 4.44. The second-order valence-electron chi connectivity index (χ2n) is 4.41. The molecule has 0 saturated carbocycles. The van der Waals surface area contributed by atoms with E-state index in [0.717, 1.165) is 6.07 Å². The number of fused-ring (bicyclic) bond motifs is 1. The minimum atomic E-state index is -0.774. The van der Waals surface area contributed by atoms with Crippen LogP contribution in [-0.4, -0.2) is 14.8 Å². The SMILES string of the molecule is Nc1cnc2c(cnn2Cc2c(F)ccc(N)c2F)c1. The lowest BCUT2D eigenvalue weighted by Crippen LogP contribution is -2.08. The molecule has 3 aromatic rings. The van der Waals surface area contributed by atoms with Gasteiger partial charge in [0.05, 0.1) is 30.3 Å². The zero-order valence-corrected chi connectivity index (χ0v) is 10.3. The maximum atomic E-state index is 13.9. The van der Waals surface area contributed by atoms with Crippen molar-refractivity contribution >= 4 is 22.4 Å². The van der Waals surface area contributed by atoms with Gasteiger partial charge in [-0.1, -0.05) is 0 Å². The lowest BCUT2D eigenvalue weighted by Gasteiger charge is -2.08. The number of nitrogens with zero attached hydrogens (tertiary/aromatic N) is 3. The molecule has 0 aliphatic heterocycles. The molecule has 0 aliphatic carbocycles. The molecule has 2 heterocycles. The normalized spacial score (nSPS) is 11.1. The van der Waals surface area contributed by atoms with Gasteiger partial charge in [0, 0.05) is 10.9 Å². The zero-order chi connectivity index (χ0) is 14.3. The Kier molecular flexibility index (Phi) is 2.74. The summed E-state index contributed by atoms with van der Waals surface area (Å²) in [5, 5.41) is 4.77. The van der Waals surface area contributed by atoms with Crippen LogP contribution in [0.1, 0.15) is 5.56 Å². The number of nitrogen functional groups attached to an aromatic ring is 2. The van der Waals surface area contributed by atoms with Gasteiger partial charge in [0.15, 0.2) is 11.5 Å². The zero-order valence-electron chi connectivity index (χ0n) is 10.3. The van der Waals surface area contributed by atoms with Crippen molar-refractivity contribution in [1.29, 1.82) is 0 Å². The highest BCUT2D eigenvalue weighted by molar-refractivity contribution is 5.77. The first kappa shape index (κ1) is 12.3. The van der Waals surface area contributed by atoms with E-state index in [1.54, 1.807) is 12.3 Å². The monoisotopic (exact) mass is 275 g/mol. The quantitative estimate of drug-likeness (QED) is 0.700. The van der Waals surface area contributed by atoms with Crippen molar-refractivity contribution in [3.05, 3.63) is 47.8 Å². The molecule has 0 fully saturated rings. The first-order valence-electron chi connectivity index (χ1n) is 5.85. The highest BCUT2D eigenvalue weighted by Gasteiger charge is 2.14. The maximum absolute atomic E-state index is 13.9. The third-order valence-electron chi connectivity index (χ3n) is 3.02. The summed E-state index contributed by atoms with van der Waals surface area (Å²) in [4.78, 5) is 4.12. The minimum absolute atomic E-state index is 0.0941. The molecule has 0 radical (unpaired) electrons. The highest BCUT2D eigenvalue weighted by atomic mass is 19.1. The lowest BCUT2D eigenvalue weighted by molar-refractivity contribution is 0.539. The summed E-state index contributed by atoms with van der Waals surface area (Å²) in [6.45, 7) is -0.0941. The fourth-order valence-electron chi connectivity index (χ4n) is 2.02. The van der Waals surface area contributed by atoms with Gasteiger partial charge >= 0.3 is 0 Å². The van der Waals surface area contributed by atoms with E-state index in [1.165, 1.54) is 16.9 Å². The average Bonchev–Trinajstić information content (AvgIpc) is 2.81. The molecule has 0 unspecified atom stereocenters. The van der Waals surface area contributed by atoms with Crippen molar-refractivity contribution in [3.63, 3.8) is 0 Å². The van der Waals surface area contributed by atoms with Gasteiger partial charge < -0.3 is 11.5 Å². The van der Waals surface area contributed by atoms with Crippen LogP contribution in [0.2, 0.25) is 0 Å². The molecule has 0 amide bonds. The van der Waals surface area contributed by atoms with E-state index in [0.29, 0.717) is 16.7 Å². The van der Waals surface area contributed by atoms with E-state index in [-0.39, 0.29) is 17.8 Å². The van der Waals surface area contributed by atoms with E-state index < -0.39 is 11.6 Å². The Balaban J connectivity index is 2.08. The van der Waals surface area contributed by atoms with Crippen LogP contribution in [0.25, 0.3) is 11.0 Å². The Morgan fingerprint density at radius 2 is 1.95 bits per heavy atom. The van der Waals surface area contributed by atoms with Crippen molar-refractivity contribution in [2.45, 2.75) is 6.54 Å². The number of anilines is 2. The number of pyridine rings is 1. The van der Waals surface area contributed by atoms with Crippen LogP contribution in [0.3, 0.4) is 0 Å². The molecule has 0 atom stereocenters. The third kappa shape index (κ3) is 1.93. The van der Waals surface area contributed by atoms with Crippen LogP contribution in [0, 0.1) is 11.6 Å². The van der Waals surface area contributed by atoms with E-state index in [4.69, 9.17) is 11.5 Å². The topological polar surface area (TPSA) is 82.8 Å². The molecule has 4 N–H and O–H groups in total. The number of rotatable bonds is 2. The minimum Gasteiger partial charge on any atom is -0.397 e. The number of hydrogen-bond acceptors (Lipinski definition) is 4. The van der Waals surface area contributed by atoms with Crippen LogP contribution in [0.15, 0.2) is 30.6 Å². The number of halogens is 2. The van der Waals surface area contributed by atoms with Gasteiger partial charge in [0.25, 0.3) is 0 Å². The largest absolute Gasteiger partial charge is 0.397 e. The molecule has 5 nitrogen and oxygen atoms in total. The Bertz CT molecular complexity index is 797. The summed E-state index contributed by atoms with van der Waals surface area (Å²) in [6.07, 6.45) is 3.01. The Morgan fingerprint density at radius 3 is 2.75 bits per heavy atom. The predicted molar refractivity (Wildman–Crippen MR) is 71.8 cm³/mol. The van der Waals surface area contributed by atoms with Crippen molar-refractivity contribution < 1.29 is 8.78 Å². The number of hydrogen-bond donors (Lipinski definition) is 2. The van der Waals surface area contributed by atoms with Crippen molar-refractivity contribution in [2.75, 3.05) is 11.5 Å². The fourth-order valence-corrected chi connectivity index (χ4v) is 2.02. The van der Waals surface area contributed by atoms with Crippen molar-refractivity contribution in [1.82, 2.24) is 14.8 Å². The van der Waals surface area contributed by atoms with E-state index in [1.807, 2.05) is 0 Å². The molecular weight excluding hydrogens is 264 g/mol. The molecule has 0 saturated heterocycles. The van der Waals surface area contributed by atoms with Gasteiger partial charge in [-0.25, -0.2) is 18.4 Å². The van der Waals surface area contributed by atoms with Crippen LogP contribution >= 0.6 is 0 Å². The van der Waals surface area contributed by atoms with Crippen molar-refractivity contribution in [3.8, 4) is 0 Å². The summed E-state index contributed by atoms with van der Waals surface area (Å²) in [7, 11) is 0. The predicted octanol–water partition coefficient (Wildman–Crippen LogP) is 1.92. The summed E-state index contributed by atoms with van der Waals surface area (Å²) in [6, 6.07) is 4.01. The van der Waals surface area contributed by atoms with Crippen LogP contribution < -0.4 is 11.5 Å². The summed E-state index contributed by atoms with van der Waals surface area (Å²) < 4.78 is 29.0. The Morgan fingerprint density at radius 1 is 1.15 bits per heavy atom. The Labute approximate surface area is 112 Å². The molecule has 7 heteroatoms. The number of benzene rings is 1. The third-order valence-corrected chi connectivity index (χ3v) is 3.02. The molecule has 0 bridgehead atoms. The lowest BCUT2D eigenvalue weighted by atomic mass is 10.1. The van der Waals surface area contributed by atoms with Crippen LogP contribution in [0.4, 0.5) is 20.2 Å². The molecule has 3 rings (SSSR count). The smallest absolute Gasteiger partial charge is 0.158 e. The molecular formula is C13H11F2N5. The summed E-state index contributed by atoms with van der Waals surface area (Å²) in [5.41, 5.74) is 11.8. The van der Waals surface area contributed by atoms with Gasteiger partial charge in [-0.2, -0.15) is 5.10 Å². The van der Waals surface area contributed by atoms with Gasteiger partial charge in [-0.3, -0.25) is 0 Å². The van der Waals surface area contributed by atoms with Gasteiger partial charge in [0.2, 0.25) is 0 Å². The van der Waals surface area contributed by atoms with E-state index in [2.05, 4.69) is 10.1 Å². The van der Waals surface area contributed by atoms with Crippen LogP contribution in [-0.2, 0) is 6.54 Å². The van der Waals surface area contributed by atoms with Gasteiger partial charge in [-0.15, -0.1) is 0 Å². The molecule has 2 aromatic heterocycles. The summed E-state index contributed by atoms with van der Waals surface area (Å²) in [5.74, 6) is -1.44. The number of nitrogens with two attached hydrogens (primary N) is 2. The van der Waals surface area contributed by atoms with Crippen molar-refractivity contribution in [2.24, 2.45) is 0 Å². The molecule has 0 spiro atoms. The Hall–Kier alpha value is -2.70. The summed E-state index contributed by atoms with van der Waals surface area (Å²) >= 11 is 0. The number of aromatic nitrogens is 3. The first-order valence-corrected chi connectivity index (χ1v) is 5.85. The van der Waals surface area contributed by atoms with E-state index >= 15 is 0 Å². The average molecular weight is 275 g/mol. The fraction of sp³-hybridized carbons (Fsp3) is 0.0769. The van der Waals surface area contributed by atoms with Crippen LogP contribution in [0.5, 0.6) is 0 Å². The molecule has 20 heavy (non-hydrogen) atoms. The molecule has 0 aliphatic rings. The van der Waals surface area contributed by atoms with Gasteiger partial charge in [0.1, 0.15) is 5.82 Å². The highest BCUT2D eigenvalue weighted by Crippen LogP contribution is 2.21. The van der Waals surface area contributed by atoms with E-state index in [9.17, 15) is 8.78 Å². The first-order chi connectivity index (χ1) is 9.56. The maximum Gasteiger partial charge on any atom is 0.158 e. The standard InChI is InChI=1S/C13H11F2N5/c14-10-1-2-11(17)12(15)9(10)6-20-13-7(4-19-20)3-8(16)5-18-13/h1-5H,6,16-17H2. The second-order valence-corrected chi connectivity index (χ2v) is 4.41. The molecule has 102 valence electrons. The van der Waals surface area contributed by atoms with Gasteiger partial charge in [-0.05, 0) is 18.2 Å². The molecule has 1 aromatic carbocycles.